The Bertz CT molecular complexity index is 873. The molecule has 1 N–H and O–H groups in total. The predicted octanol–water partition coefficient (Wildman–Crippen LogP) is 4.16. The molecule has 3 aliphatic heterocycles. The maximum Gasteiger partial charge on any atom is 0.416 e. The molecule has 7 heteroatoms. The predicted molar refractivity (Wildman–Crippen MR) is 110 cm³/mol. The number of alkyl halides is 3. The van der Waals surface area contributed by atoms with Gasteiger partial charge in [0.05, 0.1) is 17.6 Å². The van der Waals surface area contributed by atoms with Crippen molar-refractivity contribution in [2.75, 3.05) is 13.2 Å². The molecule has 1 aromatic rings. The first-order valence-corrected chi connectivity index (χ1v) is 11.5. The summed E-state index contributed by atoms with van der Waals surface area (Å²) >= 11 is 0. The third-order valence-electron chi connectivity index (χ3n) is 8.48. The van der Waals surface area contributed by atoms with Crippen LogP contribution in [0.2, 0.25) is 0 Å². The van der Waals surface area contributed by atoms with E-state index in [1.165, 1.54) is 12.1 Å². The lowest BCUT2D eigenvalue weighted by molar-refractivity contribution is -0.137. The molecule has 170 valence electrons. The normalized spacial score (nSPS) is 37.9. The molecular weight excluding hydrogens is 405 g/mol. The second-order valence-corrected chi connectivity index (χ2v) is 10.2. The second kappa shape index (κ2) is 7.48. The first-order chi connectivity index (χ1) is 14.7. The van der Waals surface area contributed by atoms with E-state index < -0.39 is 11.7 Å². The Morgan fingerprint density at radius 3 is 2.74 bits per heavy atom. The molecule has 1 saturated carbocycles. The minimum absolute atomic E-state index is 0.0810. The Kier molecular flexibility index (Phi) is 5.13. The Morgan fingerprint density at radius 2 is 2.00 bits per heavy atom. The minimum atomic E-state index is -4.36. The molecule has 2 unspecified atom stereocenters. The Balaban J connectivity index is 1.34. The first-order valence-electron chi connectivity index (χ1n) is 11.5. The van der Waals surface area contributed by atoms with E-state index in [1.807, 2.05) is 4.90 Å². The molecule has 0 bridgehead atoms. The summed E-state index contributed by atoms with van der Waals surface area (Å²) in [7, 11) is 0. The van der Waals surface area contributed by atoms with E-state index >= 15 is 0 Å². The number of hydrogen-bond donors (Lipinski definition) is 1. The molecule has 6 atom stereocenters. The number of benzene rings is 1. The van der Waals surface area contributed by atoms with E-state index in [2.05, 4.69) is 19.2 Å². The summed E-state index contributed by atoms with van der Waals surface area (Å²) in [5, 5.41) is 3.81. The number of nitrogens with zero attached hydrogens (tertiary/aromatic N) is 1. The van der Waals surface area contributed by atoms with Crippen LogP contribution in [0.15, 0.2) is 18.2 Å². The highest BCUT2D eigenvalue weighted by Gasteiger charge is 2.60. The summed E-state index contributed by atoms with van der Waals surface area (Å²) in [6, 6.07) is 4.85. The summed E-state index contributed by atoms with van der Waals surface area (Å²) in [6.45, 7) is 6.24. The first kappa shape index (κ1) is 21.3. The van der Waals surface area contributed by atoms with Crippen LogP contribution < -0.4 is 5.32 Å². The van der Waals surface area contributed by atoms with Gasteiger partial charge >= 0.3 is 6.18 Å². The average Bonchev–Trinajstić information content (AvgIpc) is 3.24. The summed E-state index contributed by atoms with van der Waals surface area (Å²) in [6.07, 6.45) is -0.0441. The highest BCUT2D eigenvalue weighted by atomic mass is 19.4. The van der Waals surface area contributed by atoms with Crippen molar-refractivity contribution in [1.29, 1.82) is 0 Å². The number of nitrogens with one attached hydrogen (secondary N) is 1. The number of fused-ring (bicyclic) bond motifs is 2. The van der Waals surface area contributed by atoms with Gasteiger partial charge in [-0.15, -0.1) is 0 Å². The Morgan fingerprint density at radius 1 is 1.19 bits per heavy atom. The van der Waals surface area contributed by atoms with Crippen molar-refractivity contribution in [2.45, 2.75) is 76.8 Å². The summed E-state index contributed by atoms with van der Waals surface area (Å²) < 4.78 is 45.1. The van der Waals surface area contributed by atoms with Crippen LogP contribution in [0.25, 0.3) is 0 Å². The maximum atomic E-state index is 13.6. The van der Waals surface area contributed by atoms with Crippen molar-refractivity contribution < 1.29 is 22.7 Å². The fourth-order valence-electron chi connectivity index (χ4n) is 6.56. The lowest BCUT2D eigenvalue weighted by Crippen LogP contribution is -2.46. The van der Waals surface area contributed by atoms with Gasteiger partial charge in [-0.1, -0.05) is 19.9 Å². The number of ether oxygens (including phenoxy) is 1. The third-order valence-corrected chi connectivity index (χ3v) is 8.48. The van der Waals surface area contributed by atoms with Crippen molar-refractivity contribution >= 4 is 5.91 Å². The Labute approximate surface area is 181 Å². The lowest BCUT2D eigenvalue weighted by Gasteiger charge is -2.34. The summed E-state index contributed by atoms with van der Waals surface area (Å²) in [4.78, 5) is 15.5. The largest absolute Gasteiger partial charge is 0.416 e. The molecule has 1 amide bonds. The van der Waals surface area contributed by atoms with Crippen LogP contribution in [0.4, 0.5) is 13.2 Å². The minimum Gasteiger partial charge on any atom is -0.381 e. The summed E-state index contributed by atoms with van der Waals surface area (Å²) in [5.41, 5.74) is 0.586. The van der Waals surface area contributed by atoms with Crippen molar-refractivity contribution in [3.05, 3.63) is 34.9 Å². The molecule has 31 heavy (non-hydrogen) atoms. The van der Waals surface area contributed by atoms with Gasteiger partial charge in [0.2, 0.25) is 5.91 Å². The maximum absolute atomic E-state index is 13.6. The quantitative estimate of drug-likeness (QED) is 0.757. The zero-order chi connectivity index (χ0) is 22.0. The van der Waals surface area contributed by atoms with Crippen molar-refractivity contribution in [2.24, 2.45) is 17.3 Å². The number of rotatable bonds is 2. The van der Waals surface area contributed by atoms with Crippen molar-refractivity contribution in [3.63, 3.8) is 0 Å². The number of amides is 1. The van der Waals surface area contributed by atoms with Gasteiger partial charge in [-0.2, -0.15) is 13.2 Å². The molecule has 2 saturated heterocycles. The molecule has 4 aliphatic rings. The molecular formula is C24H31F3N2O2. The zero-order valence-corrected chi connectivity index (χ0v) is 18.2. The number of halogens is 3. The Hall–Kier alpha value is -1.60. The number of hydrogen-bond acceptors (Lipinski definition) is 3. The van der Waals surface area contributed by atoms with Gasteiger partial charge in [0.25, 0.3) is 0 Å². The third kappa shape index (κ3) is 3.48. The standard InChI is InChI=1S/C24H31F3N2O2/c1-14-13-31-8-6-20(14)28-19-5-7-23(11-19)15(2)21-10-16-3-4-18(24(25,26)27)9-17(16)12-29(21)22(23)30/h3-4,9,14-15,19-21,28H,5-8,10-13H2,1-2H3/t14-,15?,19-,20+,21?,23+/m1/s1. The smallest absolute Gasteiger partial charge is 0.381 e. The SMILES string of the molecule is CC1C2Cc3ccc(C(F)(F)F)cc3CN2C(=O)[C@]12CC[C@@H](N[C@H]1CCOC[C@H]1C)C2. The molecule has 0 radical (unpaired) electrons. The molecule has 1 aromatic carbocycles. The highest BCUT2D eigenvalue weighted by molar-refractivity contribution is 5.87. The van der Waals surface area contributed by atoms with Gasteiger partial charge in [-0.3, -0.25) is 4.79 Å². The van der Waals surface area contributed by atoms with Gasteiger partial charge in [-0.25, -0.2) is 0 Å². The fraction of sp³-hybridized carbons (Fsp3) is 0.708. The van der Waals surface area contributed by atoms with E-state index in [1.54, 1.807) is 6.07 Å². The van der Waals surface area contributed by atoms with Crippen LogP contribution in [0, 0.1) is 17.3 Å². The number of carbonyl (C=O) groups is 1. The van der Waals surface area contributed by atoms with Gasteiger partial charge < -0.3 is 15.0 Å². The van der Waals surface area contributed by atoms with Crippen LogP contribution in [0.5, 0.6) is 0 Å². The molecule has 0 aromatic heterocycles. The van der Waals surface area contributed by atoms with Crippen molar-refractivity contribution in [3.8, 4) is 0 Å². The zero-order valence-electron chi connectivity index (χ0n) is 18.2. The fourth-order valence-corrected chi connectivity index (χ4v) is 6.56. The topological polar surface area (TPSA) is 41.6 Å². The highest BCUT2D eigenvalue weighted by Crippen LogP contribution is 2.54. The van der Waals surface area contributed by atoms with Crippen LogP contribution >= 0.6 is 0 Å². The van der Waals surface area contributed by atoms with Crippen LogP contribution in [0.3, 0.4) is 0 Å². The molecule has 1 spiro atoms. The van der Waals surface area contributed by atoms with Gasteiger partial charge in [0, 0.05) is 31.3 Å². The van der Waals surface area contributed by atoms with E-state index in [0.29, 0.717) is 36.5 Å². The van der Waals surface area contributed by atoms with Gasteiger partial charge in [-0.05, 0) is 67.2 Å². The molecule has 3 heterocycles. The monoisotopic (exact) mass is 436 g/mol. The van der Waals surface area contributed by atoms with Crippen LogP contribution in [0.1, 0.15) is 56.2 Å². The van der Waals surface area contributed by atoms with E-state index in [4.69, 9.17) is 4.74 Å². The van der Waals surface area contributed by atoms with Gasteiger partial charge in [0.1, 0.15) is 0 Å². The van der Waals surface area contributed by atoms with Crippen LogP contribution in [-0.4, -0.2) is 42.1 Å². The van der Waals surface area contributed by atoms with Crippen LogP contribution in [-0.2, 0) is 28.7 Å². The molecule has 4 nitrogen and oxygen atoms in total. The second-order valence-electron chi connectivity index (χ2n) is 10.2. The van der Waals surface area contributed by atoms with E-state index in [0.717, 1.165) is 44.5 Å². The number of carbonyl (C=O) groups excluding carboxylic acids is 1. The van der Waals surface area contributed by atoms with Gasteiger partial charge in [0.15, 0.2) is 0 Å². The average molecular weight is 437 g/mol. The molecule has 3 fully saturated rings. The summed E-state index contributed by atoms with van der Waals surface area (Å²) in [5.74, 6) is 0.817. The van der Waals surface area contributed by atoms with E-state index in [-0.39, 0.29) is 23.3 Å². The molecule has 5 rings (SSSR count). The van der Waals surface area contributed by atoms with Crippen molar-refractivity contribution in [1.82, 2.24) is 10.2 Å². The lowest BCUT2D eigenvalue weighted by atomic mass is 9.73. The van der Waals surface area contributed by atoms with E-state index in [9.17, 15) is 18.0 Å². The molecule has 1 aliphatic carbocycles.